The van der Waals surface area contributed by atoms with Gasteiger partial charge < -0.3 is 10.2 Å². The first-order valence-electron chi connectivity index (χ1n) is 4.77. The number of hydrogen-bond acceptors (Lipinski definition) is 3. The number of pyridine rings is 1. The quantitative estimate of drug-likeness (QED) is 0.905. The Balaban J connectivity index is 2.65. The third-order valence-electron chi connectivity index (χ3n) is 2.10. The summed E-state index contributed by atoms with van der Waals surface area (Å²) in [6.07, 6.45) is 2.19. The first-order valence-corrected chi connectivity index (χ1v) is 6.36. The van der Waals surface area contributed by atoms with E-state index in [-0.39, 0.29) is 5.91 Å². The number of halogens is 2. The second kappa shape index (κ2) is 6.20. The molecule has 1 N–H and O–H groups in total. The van der Waals surface area contributed by atoms with Gasteiger partial charge in [-0.1, -0.05) is 0 Å². The van der Waals surface area contributed by atoms with Crippen LogP contribution in [0.15, 0.2) is 21.2 Å². The van der Waals surface area contributed by atoms with E-state index in [1.54, 1.807) is 13.2 Å². The van der Waals surface area contributed by atoms with Crippen molar-refractivity contribution < 1.29 is 4.79 Å². The molecular weight excluding hydrogens is 338 g/mol. The predicted molar refractivity (Wildman–Crippen MR) is 71.6 cm³/mol. The summed E-state index contributed by atoms with van der Waals surface area (Å²) in [6, 6.07) is 1.93. The van der Waals surface area contributed by atoms with Gasteiger partial charge in [-0.2, -0.15) is 0 Å². The van der Waals surface area contributed by atoms with Gasteiger partial charge in [0.2, 0.25) is 5.91 Å². The molecule has 1 aromatic heterocycles. The van der Waals surface area contributed by atoms with Crippen LogP contribution in [0.4, 0.5) is 5.82 Å². The summed E-state index contributed by atoms with van der Waals surface area (Å²) in [7, 11) is 3.54. The smallest absolute Gasteiger partial charge is 0.221 e. The van der Waals surface area contributed by atoms with E-state index in [9.17, 15) is 4.79 Å². The SMILES string of the molecule is CNC(=O)CCN(C)c1ncc(Br)cc1Br. The van der Waals surface area contributed by atoms with Gasteiger partial charge in [0, 0.05) is 37.7 Å². The standard InChI is InChI=1S/C10H13Br2N3O/c1-13-9(16)3-4-15(2)10-8(12)5-7(11)6-14-10/h5-6H,3-4H2,1-2H3,(H,13,16). The van der Waals surface area contributed by atoms with Crippen molar-refractivity contribution in [3.8, 4) is 0 Å². The molecule has 0 saturated heterocycles. The van der Waals surface area contributed by atoms with E-state index < -0.39 is 0 Å². The molecule has 16 heavy (non-hydrogen) atoms. The number of carbonyl (C=O) groups is 1. The fourth-order valence-electron chi connectivity index (χ4n) is 1.19. The van der Waals surface area contributed by atoms with Crippen LogP contribution in [-0.4, -0.2) is 31.5 Å². The van der Waals surface area contributed by atoms with E-state index in [0.29, 0.717) is 13.0 Å². The Kier molecular flexibility index (Phi) is 5.21. The first-order chi connectivity index (χ1) is 7.54. The monoisotopic (exact) mass is 349 g/mol. The zero-order chi connectivity index (χ0) is 12.1. The van der Waals surface area contributed by atoms with Crippen LogP contribution in [0, 0.1) is 0 Å². The van der Waals surface area contributed by atoms with Crippen LogP contribution in [-0.2, 0) is 4.79 Å². The molecule has 1 aromatic rings. The molecule has 1 amide bonds. The highest BCUT2D eigenvalue weighted by molar-refractivity contribution is 9.11. The predicted octanol–water partition coefficient (Wildman–Crippen LogP) is 2.18. The first kappa shape index (κ1) is 13.4. The minimum absolute atomic E-state index is 0.0279. The molecule has 0 aliphatic heterocycles. The van der Waals surface area contributed by atoms with Crippen molar-refractivity contribution in [1.29, 1.82) is 0 Å². The summed E-state index contributed by atoms with van der Waals surface area (Å²) >= 11 is 6.78. The lowest BCUT2D eigenvalue weighted by atomic mass is 10.3. The van der Waals surface area contributed by atoms with Crippen LogP contribution < -0.4 is 10.2 Å². The normalized spacial score (nSPS) is 10.0. The maximum absolute atomic E-state index is 11.1. The van der Waals surface area contributed by atoms with E-state index in [1.165, 1.54) is 0 Å². The molecule has 1 rings (SSSR count). The Morgan fingerprint density at radius 2 is 2.25 bits per heavy atom. The van der Waals surface area contributed by atoms with E-state index in [2.05, 4.69) is 42.2 Å². The van der Waals surface area contributed by atoms with Gasteiger partial charge in [0.25, 0.3) is 0 Å². The molecule has 0 atom stereocenters. The number of nitrogens with zero attached hydrogens (tertiary/aromatic N) is 2. The molecule has 88 valence electrons. The molecule has 4 nitrogen and oxygen atoms in total. The summed E-state index contributed by atoms with van der Waals surface area (Å²) in [5.41, 5.74) is 0. The van der Waals surface area contributed by atoms with Gasteiger partial charge in [-0.3, -0.25) is 4.79 Å². The van der Waals surface area contributed by atoms with Crippen molar-refractivity contribution in [3.63, 3.8) is 0 Å². The fraction of sp³-hybridized carbons (Fsp3) is 0.400. The molecule has 6 heteroatoms. The van der Waals surface area contributed by atoms with E-state index in [0.717, 1.165) is 14.8 Å². The Morgan fingerprint density at radius 1 is 1.56 bits per heavy atom. The molecule has 0 aliphatic rings. The highest BCUT2D eigenvalue weighted by Gasteiger charge is 2.09. The average Bonchev–Trinajstić information content (AvgIpc) is 2.25. The van der Waals surface area contributed by atoms with E-state index in [4.69, 9.17) is 0 Å². The number of amides is 1. The minimum Gasteiger partial charge on any atom is -0.359 e. The van der Waals surface area contributed by atoms with Crippen LogP contribution in [0.2, 0.25) is 0 Å². The Bertz CT molecular complexity index is 384. The Hall–Kier alpha value is -0.620. The zero-order valence-electron chi connectivity index (χ0n) is 9.13. The van der Waals surface area contributed by atoms with E-state index in [1.807, 2.05) is 18.0 Å². The molecule has 0 unspecified atom stereocenters. The maximum atomic E-state index is 11.1. The molecule has 0 fully saturated rings. The molecular formula is C10H13Br2N3O. The van der Waals surface area contributed by atoms with Crippen LogP contribution in [0.3, 0.4) is 0 Å². The van der Waals surface area contributed by atoms with Crippen molar-refractivity contribution in [1.82, 2.24) is 10.3 Å². The fourth-order valence-corrected chi connectivity index (χ4v) is 2.48. The molecule has 0 spiro atoms. The summed E-state index contributed by atoms with van der Waals surface area (Å²) in [5.74, 6) is 0.854. The van der Waals surface area contributed by atoms with Gasteiger partial charge in [0.15, 0.2) is 0 Å². The van der Waals surface area contributed by atoms with Crippen LogP contribution in [0.25, 0.3) is 0 Å². The number of aromatic nitrogens is 1. The second-order valence-corrected chi connectivity index (χ2v) is 5.07. The molecule has 0 saturated carbocycles. The van der Waals surface area contributed by atoms with Crippen molar-refractivity contribution in [2.75, 3.05) is 25.5 Å². The molecule has 0 radical (unpaired) electrons. The summed E-state index contributed by atoms with van der Waals surface area (Å²) in [4.78, 5) is 17.3. The molecule has 1 heterocycles. The number of carbonyl (C=O) groups excluding carboxylic acids is 1. The highest BCUT2D eigenvalue weighted by Crippen LogP contribution is 2.25. The highest BCUT2D eigenvalue weighted by atomic mass is 79.9. The lowest BCUT2D eigenvalue weighted by molar-refractivity contribution is -0.120. The Morgan fingerprint density at radius 3 is 2.81 bits per heavy atom. The average molecular weight is 351 g/mol. The third kappa shape index (κ3) is 3.75. The topological polar surface area (TPSA) is 45.2 Å². The number of rotatable bonds is 4. The molecule has 0 bridgehead atoms. The van der Waals surface area contributed by atoms with Crippen molar-refractivity contribution >= 4 is 43.6 Å². The number of nitrogens with one attached hydrogen (secondary N) is 1. The lowest BCUT2D eigenvalue weighted by Gasteiger charge is -2.18. The maximum Gasteiger partial charge on any atom is 0.221 e. The van der Waals surface area contributed by atoms with Gasteiger partial charge in [-0.25, -0.2) is 4.98 Å². The van der Waals surface area contributed by atoms with Crippen molar-refractivity contribution in [2.24, 2.45) is 0 Å². The second-order valence-electron chi connectivity index (χ2n) is 3.30. The number of hydrogen-bond donors (Lipinski definition) is 1. The van der Waals surface area contributed by atoms with Gasteiger partial charge in [-0.05, 0) is 37.9 Å². The van der Waals surface area contributed by atoms with Gasteiger partial charge in [-0.15, -0.1) is 0 Å². The van der Waals surface area contributed by atoms with Crippen LogP contribution >= 0.6 is 31.9 Å². The van der Waals surface area contributed by atoms with Crippen LogP contribution in [0.1, 0.15) is 6.42 Å². The zero-order valence-corrected chi connectivity index (χ0v) is 12.3. The largest absolute Gasteiger partial charge is 0.359 e. The minimum atomic E-state index is 0.0279. The molecule has 0 aliphatic carbocycles. The lowest BCUT2D eigenvalue weighted by Crippen LogP contribution is -2.27. The summed E-state index contributed by atoms with van der Waals surface area (Å²) in [5, 5.41) is 2.59. The van der Waals surface area contributed by atoms with Crippen molar-refractivity contribution in [2.45, 2.75) is 6.42 Å². The summed E-state index contributed by atoms with van der Waals surface area (Å²) < 4.78 is 1.82. The van der Waals surface area contributed by atoms with Crippen LogP contribution in [0.5, 0.6) is 0 Å². The van der Waals surface area contributed by atoms with E-state index >= 15 is 0 Å². The van der Waals surface area contributed by atoms with Crippen molar-refractivity contribution in [3.05, 3.63) is 21.2 Å². The van der Waals surface area contributed by atoms with Gasteiger partial charge in [0.05, 0.1) is 4.47 Å². The number of anilines is 1. The Labute approximate surface area is 112 Å². The van der Waals surface area contributed by atoms with Gasteiger partial charge in [0.1, 0.15) is 5.82 Å². The third-order valence-corrected chi connectivity index (χ3v) is 3.12. The summed E-state index contributed by atoms with van der Waals surface area (Å²) in [6.45, 7) is 0.632. The van der Waals surface area contributed by atoms with Gasteiger partial charge >= 0.3 is 0 Å². The molecule has 0 aromatic carbocycles.